The van der Waals surface area contributed by atoms with Crippen molar-refractivity contribution in [3.05, 3.63) is 0 Å². The second-order valence-corrected chi connectivity index (χ2v) is 0. The van der Waals surface area contributed by atoms with Crippen molar-refractivity contribution in [3.63, 3.8) is 0 Å². The van der Waals surface area contributed by atoms with Gasteiger partial charge in [0, 0.05) is 54.6 Å². The summed E-state index contributed by atoms with van der Waals surface area (Å²) in [4.78, 5) is 0. The Labute approximate surface area is 67.6 Å². The Balaban J connectivity index is 0. The Kier molecular flexibility index (Phi) is 181. The molecule has 1 radical (unpaired) electrons. The molecule has 4 heavy (non-hydrogen) atoms. The van der Waals surface area contributed by atoms with Crippen molar-refractivity contribution in [3.8, 4) is 0 Å². The Hall–Kier alpha value is 2.05. The van der Waals surface area contributed by atoms with Crippen LogP contribution in [-0.2, 0) is 54.6 Å². The van der Waals surface area contributed by atoms with Crippen molar-refractivity contribution in [2.24, 2.45) is 0 Å². The van der Waals surface area contributed by atoms with E-state index in [1.165, 1.54) is 0 Å². The second-order valence-electron chi connectivity index (χ2n) is 0. The molecule has 0 fully saturated rings. The Morgan fingerprint density at radius 3 is 1.00 bits per heavy atom. The number of hydrogen-bond acceptors (Lipinski definition) is 0. The molecule has 0 aliphatic carbocycles. The van der Waals surface area contributed by atoms with Gasteiger partial charge in [-0.25, -0.2) is 0 Å². The van der Waals surface area contributed by atoms with Crippen LogP contribution in [0.2, 0.25) is 0 Å². The maximum atomic E-state index is 0. The SMILES string of the molecule is S.[Mn].[Mo].[Ni]. The van der Waals surface area contributed by atoms with E-state index < -0.39 is 0 Å². The smallest absolute Gasteiger partial charge is 0 e. The van der Waals surface area contributed by atoms with Crippen molar-refractivity contribution < 1.29 is 54.6 Å². The van der Waals surface area contributed by atoms with E-state index in [0.717, 1.165) is 0 Å². The van der Waals surface area contributed by atoms with Gasteiger partial charge in [0.15, 0.2) is 0 Å². The molecule has 0 aliphatic heterocycles. The van der Waals surface area contributed by atoms with Crippen LogP contribution in [0.25, 0.3) is 0 Å². The van der Waals surface area contributed by atoms with Crippen LogP contribution in [0.1, 0.15) is 0 Å². The quantitative estimate of drug-likeness (QED) is 0.530. The monoisotopic (exact) mass is 245 g/mol. The third-order valence-electron chi connectivity index (χ3n) is 0. The van der Waals surface area contributed by atoms with Crippen LogP contribution in [0.3, 0.4) is 0 Å². The van der Waals surface area contributed by atoms with Crippen LogP contribution in [0.4, 0.5) is 0 Å². The molecule has 0 spiro atoms. The van der Waals surface area contributed by atoms with Gasteiger partial charge in [-0.2, -0.15) is 13.5 Å². The van der Waals surface area contributed by atoms with E-state index in [2.05, 4.69) is 0 Å². The summed E-state index contributed by atoms with van der Waals surface area (Å²) in [5, 5.41) is 0. The summed E-state index contributed by atoms with van der Waals surface area (Å²) < 4.78 is 0. The molecule has 0 aliphatic rings. The summed E-state index contributed by atoms with van der Waals surface area (Å²) in [5.74, 6) is 0. The zero-order valence-corrected chi connectivity index (χ0v) is 6.78. The third kappa shape index (κ3) is 8.96. The summed E-state index contributed by atoms with van der Waals surface area (Å²) in [6.07, 6.45) is 0. The van der Waals surface area contributed by atoms with Gasteiger partial charge < -0.3 is 0 Å². The van der Waals surface area contributed by atoms with Gasteiger partial charge >= 0.3 is 0 Å². The van der Waals surface area contributed by atoms with Crippen molar-refractivity contribution >= 4 is 13.5 Å². The first-order valence-electron chi connectivity index (χ1n) is 0. The summed E-state index contributed by atoms with van der Waals surface area (Å²) in [7, 11) is 0. The molecule has 0 bridgehead atoms. The minimum absolute atomic E-state index is 0. The molecule has 0 saturated heterocycles. The van der Waals surface area contributed by atoms with Gasteiger partial charge in [0.05, 0.1) is 0 Å². The van der Waals surface area contributed by atoms with E-state index in [-0.39, 0.29) is 68.1 Å². The normalized spacial score (nSPS) is 0. The summed E-state index contributed by atoms with van der Waals surface area (Å²) in [5.41, 5.74) is 0. The first-order chi connectivity index (χ1) is 0. The van der Waals surface area contributed by atoms with Gasteiger partial charge in [0.25, 0.3) is 0 Å². The molecular weight excluding hydrogens is 242 g/mol. The van der Waals surface area contributed by atoms with Crippen molar-refractivity contribution in [1.29, 1.82) is 0 Å². The van der Waals surface area contributed by atoms with E-state index in [1.54, 1.807) is 0 Å². The molecule has 0 nitrogen and oxygen atoms in total. The van der Waals surface area contributed by atoms with E-state index in [9.17, 15) is 0 Å². The van der Waals surface area contributed by atoms with Crippen LogP contribution in [-0.4, -0.2) is 0 Å². The average molecular weight is 244 g/mol. The van der Waals surface area contributed by atoms with Crippen molar-refractivity contribution in [1.82, 2.24) is 0 Å². The number of rotatable bonds is 0. The van der Waals surface area contributed by atoms with Crippen molar-refractivity contribution in [2.45, 2.75) is 0 Å². The zero-order valence-electron chi connectivity index (χ0n) is 1.60. The van der Waals surface area contributed by atoms with Crippen LogP contribution in [0.5, 0.6) is 0 Å². The van der Waals surface area contributed by atoms with Gasteiger partial charge in [-0.3, -0.25) is 0 Å². The maximum Gasteiger partial charge on any atom is 0 e. The zero-order chi connectivity index (χ0) is 0. The molecule has 0 saturated carbocycles. The molecule has 0 amide bonds. The van der Waals surface area contributed by atoms with E-state index in [4.69, 9.17) is 0 Å². The van der Waals surface area contributed by atoms with Gasteiger partial charge in [-0.15, -0.1) is 0 Å². The van der Waals surface area contributed by atoms with Gasteiger partial charge in [0.1, 0.15) is 0 Å². The molecule has 4 heteroatoms. The molecule has 31 valence electrons. The maximum absolute atomic E-state index is 0. The van der Waals surface area contributed by atoms with Crippen LogP contribution < -0.4 is 0 Å². The minimum Gasteiger partial charge on any atom is -0.197 e. The fraction of sp³-hybridized carbons (Fsp3) is 0. The van der Waals surface area contributed by atoms with Crippen LogP contribution in [0, 0.1) is 0 Å². The molecule has 0 unspecified atom stereocenters. The fourth-order valence-corrected chi connectivity index (χ4v) is 0. The minimum atomic E-state index is 0. The molecule has 0 N–H and O–H groups in total. The summed E-state index contributed by atoms with van der Waals surface area (Å²) >= 11 is 0. The first kappa shape index (κ1) is 36.7. The summed E-state index contributed by atoms with van der Waals surface area (Å²) in [6.45, 7) is 0. The van der Waals surface area contributed by atoms with Crippen LogP contribution >= 0.6 is 13.5 Å². The topological polar surface area (TPSA) is 0 Å². The number of hydrogen-bond donors (Lipinski definition) is 0. The molecule has 0 atom stereocenters. The molecule has 0 aromatic heterocycles. The van der Waals surface area contributed by atoms with Gasteiger partial charge in [-0.1, -0.05) is 0 Å². The predicted octanol–water partition coefficient (Wildman–Crippen LogP) is 0.105. The molecular formula is H2MnMoNiS. The van der Waals surface area contributed by atoms with E-state index in [1.807, 2.05) is 0 Å². The molecule has 0 aromatic carbocycles. The standard InChI is InChI=1S/Mn.Mo.Ni.H2S/h;;;1H2. The van der Waals surface area contributed by atoms with Gasteiger partial charge in [-0.05, 0) is 0 Å². The Morgan fingerprint density at radius 1 is 1.00 bits per heavy atom. The second kappa shape index (κ2) is 19.7. The first-order valence-corrected chi connectivity index (χ1v) is 0. The average Bonchev–Trinajstić information content (AvgIpc) is 0. The van der Waals surface area contributed by atoms with Gasteiger partial charge in [0.2, 0.25) is 0 Å². The molecule has 0 rings (SSSR count). The molecule has 0 heterocycles. The fourth-order valence-electron chi connectivity index (χ4n) is 0. The Morgan fingerprint density at radius 2 is 1.00 bits per heavy atom. The van der Waals surface area contributed by atoms with E-state index >= 15 is 0 Å². The van der Waals surface area contributed by atoms with E-state index in [0.29, 0.717) is 0 Å². The third-order valence-corrected chi connectivity index (χ3v) is 0. The van der Waals surface area contributed by atoms with Crippen molar-refractivity contribution in [2.75, 3.05) is 0 Å². The van der Waals surface area contributed by atoms with Crippen LogP contribution in [0.15, 0.2) is 0 Å². The summed E-state index contributed by atoms with van der Waals surface area (Å²) in [6, 6.07) is 0. The Bertz CT molecular complexity index is 8.00. The molecule has 0 aromatic rings. The predicted molar refractivity (Wildman–Crippen MR) is 10.4 cm³/mol. The largest absolute Gasteiger partial charge is 0.197 e.